The van der Waals surface area contributed by atoms with Gasteiger partial charge in [0.05, 0.1) is 17.8 Å². The van der Waals surface area contributed by atoms with Gasteiger partial charge in [-0.2, -0.15) is 0 Å². The molecule has 0 bridgehead atoms. The number of ether oxygens (including phenoxy) is 1. The summed E-state index contributed by atoms with van der Waals surface area (Å²) in [5.41, 5.74) is 6.86. The van der Waals surface area contributed by atoms with Crippen LogP contribution in [0.1, 0.15) is 0 Å². The normalized spacial score (nSPS) is 10.3. The number of anilines is 1. The summed E-state index contributed by atoms with van der Waals surface area (Å²) in [6, 6.07) is 10.4. The molecule has 2 rings (SSSR count). The molecule has 0 spiro atoms. The van der Waals surface area contributed by atoms with Crippen LogP contribution in [0.5, 0.6) is 5.75 Å². The fourth-order valence-corrected chi connectivity index (χ4v) is 1.86. The minimum Gasteiger partial charge on any atom is -0.497 e. The van der Waals surface area contributed by atoms with Gasteiger partial charge in [0.15, 0.2) is 5.82 Å². The van der Waals surface area contributed by atoms with E-state index >= 15 is 0 Å². The van der Waals surface area contributed by atoms with E-state index in [0.29, 0.717) is 11.3 Å². The van der Waals surface area contributed by atoms with E-state index in [1.807, 2.05) is 18.2 Å². The molecule has 17 heavy (non-hydrogen) atoms. The van der Waals surface area contributed by atoms with E-state index in [9.17, 15) is 4.39 Å². The molecule has 2 aromatic carbocycles. The van der Waals surface area contributed by atoms with Gasteiger partial charge in [0.25, 0.3) is 0 Å². The second-order valence-electron chi connectivity index (χ2n) is 3.56. The van der Waals surface area contributed by atoms with E-state index in [2.05, 4.69) is 0 Å². The molecule has 2 nitrogen and oxygen atoms in total. The quantitative estimate of drug-likeness (QED) is 0.826. The van der Waals surface area contributed by atoms with E-state index in [4.69, 9.17) is 22.1 Å². The predicted molar refractivity (Wildman–Crippen MR) is 67.8 cm³/mol. The Morgan fingerprint density at radius 2 is 2.00 bits per heavy atom. The third-order valence-corrected chi connectivity index (χ3v) is 2.86. The molecule has 2 aromatic rings. The molecule has 0 unspecified atom stereocenters. The van der Waals surface area contributed by atoms with Crippen molar-refractivity contribution in [3.8, 4) is 16.9 Å². The Balaban J connectivity index is 2.56. The topological polar surface area (TPSA) is 35.2 Å². The van der Waals surface area contributed by atoms with E-state index in [1.54, 1.807) is 19.2 Å². The molecule has 0 aliphatic carbocycles. The van der Waals surface area contributed by atoms with Gasteiger partial charge in [0.2, 0.25) is 0 Å². The standard InChI is InChI=1S/C13H11ClFNO/c1-17-9-4-2-3-8(7-9)10-5-6-11(16)13(15)12(10)14/h2-7H,16H2,1H3. The van der Waals surface area contributed by atoms with Crippen LogP contribution < -0.4 is 10.5 Å². The smallest absolute Gasteiger partial charge is 0.165 e. The molecule has 0 aromatic heterocycles. The lowest BCUT2D eigenvalue weighted by Crippen LogP contribution is -1.93. The zero-order chi connectivity index (χ0) is 12.4. The van der Waals surface area contributed by atoms with Gasteiger partial charge in [-0.3, -0.25) is 0 Å². The lowest BCUT2D eigenvalue weighted by molar-refractivity contribution is 0.415. The Morgan fingerprint density at radius 1 is 1.24 bits per heavy atom. The lowest BCUT2D eigenvalue weighted by atomic mass is 10.0. The zero-order valence-corrected chi connectivity index (χ0v) is 9.96. The molecule has 0 radical (unpaired) electrons. The first-order chi connectivity index (χ1) is 8.13. The average Bonchev–Trinajstić information content (AvgIpc) is 2.36. The summed E-state index contributed by atoms with van der Waals surface area (Å²) in [6.45, 7) is 0. The number of hydrogen-bond donors (Lipinski definition) is 1. The molecule has 0 aliphatic heterocycles. The first-order valence-electron chi connectivity index (χ1n) is 5.01. The maximum atomic E-state index is 13.6. The van der Waals surface area contributed by atoms with E-state index < -0.39 is 5.82 Å². The lowest BCUT2D eigenvalue weighted by Gasteiger charge is -2.08. The van der Waals surface area contributed by atoms with Crippen molar-refractivity contribution in [2.45, 2.75) is 0 Å². The molecule has 0 saturated heterocycles. The van der Waals surface area contributed by atoms with Crippen LogP contribution in [0.2, 0.25) is 5.02 Å². The Hall–Kier alpha value is -1.74. The van der Waals surface area contributed by atoms with Crippen molar-refractivity contribution in [2.75, 3.05) is 12.8 Å². The van der Waals surface area contributed by atoms with Crippen LogP contribution in [0, 0.1) is 5.82 Å². The highest BCUT2D eigenvalue weighted by molar-refractivity contribution is 6.33. The van der Waals surface area contributed by atoms with Crippen molar-refractivity contribution >= 4 is 17.3 Å². The fourth-order valence-electron chi connectivity index (χ4n) is 1.58. The van der Waals surface area contributed by atoms with Crippen molar-refractivity contribution in [2.24, 2.45) is 0 Å². The number of nitrogen functional groups attached to an aromatic ring is 1. The van der Waals surface area contributed by atoms with Gasteiger partial charge < -0.3 is 10.5 Å². The molecular weight excluding hydrogens is 241 g/mol. The van der Waals surface area contributed by atoms with Crippen molar-refractivity contribution < 1.29 is 9.13 Å². The zero-order valence-electron chi connectivity index (χ0n) is 9.21. The first kappa shape index (κ1) is 11.7. The molecule has 0 fully saturated rings. The summed E-state index contributed by atoms with van der Waals surface area (Å²) in [4.78, 5) is 0. The number of halogens is 2. The Labute approximate surface area is 104 Å². The van der Waals surface area contributed by atoms with Crippen LogP contribution in [0.25, 0.3) is 11.1 Å². The summed E-state index contributed by atoms with van der Waals surface area (Å²) in [5.74, 6) is 0.0998. The number of benzene rings is 2. The molecule has 0 amide bonds. The van der Waals surface area contributed by atoms with E-state index in [0.717, 1.165) is 5.56 Å². The fraction of sp³-hybridized carbons (Fsp3) is 0.0769. The summed E-state index contributed by atoms with van der Waals surface area (Å²) in [5, 5.41) is 0.0262. The SMILES string of the molecule is COc1cccc(-c2ccc(N)c(F)c2Cl)c1. The van der Waals surface area contributed by atoms with Gasteiger partial charge >= 0.3 is 0 Å². The Kier molecular flexibility index (Phi) is 3.20. The Bertz CT molecular complexity index is 557. The third-order valence-electron chi connectivity index (χ3n) is 2.49. The molecule has 0 heterocycles. The van der Waals surface area contributed by atoms with Gasteiger partial charge in [-0.15, -0.1) is 0 Å². The number of hydrogen-bond acceptors (Lipinski definition) is 2. The van der Waals surface area contributed by atoms with Gasteiger partial charge in [0, 0.05) is 5.56 Å². The summed E-state index contributed by atoms with van der Waals surface area (Å²) in [6.07, 6.45) is 0. The van der Waals surface area contributed by atoms with Gasteiger partial charge in [-0.05, 0) is 23.8 Å². The average molecular weight is 252 g/mol. The monoisotopic (exact) mass is 251 g/mol. The molecule has 0 saturated carbocycles. The maximum Gasteiger partial charge on any atom is 0.165 e. The molecule has 0 atom stereocenters. The minimum atomic E-state index is -0.591. The van der Waals surface area contributed by atoms with Crippen molar-refractivity contribution in [3.63, 3.8) is 0 Å². The van der Waals surface area contributed by atoms with Crippen molar-refractivity contribution in [3.05, 3.63) is 47.2 Å². The second-order valence-corrected chi connectivity index (χ2v) is 3.94. The molecular formula is C13H11ClFNO. The summed E-state index contributed by atoms with van der Waals surface area (Å²) < 4.78 is 18.7. The Morgan fingerprint density at radius 3 is 2.71 bits per heavy atom. The van der Waals surface area contributed by atoms with Crippen LogP contribution in [0.15, 0.2) is 36.4 Å². The second kappa shape index (κ2) is 4.63. The maximum absolute atomic E-state index is 13.6. The number of nitrogens with two attached hydrogens (primary N) is 1. The van der Waals surface area contributed by atoms with Gasteiger partial charge in [-0.25, -0.2) is 4.39 Å². The van der Waals surface area contributed by atoms with Crippen LogP contribution >= 0.6 is 11.6 Å². The van der Waals surface area contributed by atoms with E-state index in [1.165, 1.54) is 6.07 Å². The van der Waals surface area contributed by atoms with Crippen LogP contribution in [-0.2, 0) is 0 Å². The number of methoxy groups -OCH3 is 1. The first-order valence-corrected chi connectivity index (χ1v) is 5.39. The summed E-state index contributed by atoms with van der Waals surface area (Å²) in [7, 11) is 1.57. The van der Waals surface area contributed by atoms with Crippen molar-refractivity contribution in [1.82, 2.24) is 0 Å². The molecule has 2 N–H and O–H groups in total. The molecule has 0 aliphatic rings. The van der Waals surface area contributed by atoms with Gasteiger partial charge in [-0.1, -0.05) is 29.8 Å². The highest BCUT2D eigenvalue weighted by atomic mass is 35.5. The predicted octanol–water partition coefficient (Wildman–Crippen LogP) is 3.74. The highest BCUT2D eigenvalue weighted by Gasteiger charge is 2.11. The van der Waals surface area contributed by atoms with Crippen LogP contribution in [0.4, 0.5) is 10.1 Å². The van der Waals surface area contributed by atoms with Crippen LogP contribution in [-0.4, -0.2) is 7.11 Å². The van der Waals surface area contributed by atoms with Gasteiger partial charge in [0.1, 0.15) is 5.75 Å². The molecule has 4 heteroatoms. The third kappa shape index (κ3) is 2.19. The largest absolute Gasteiger partial charge is 0.497 e. The molecule has 88 valence electrons. The van der Waals surface area contributed by atoms with Crippen molar-refractivity contribution in [1.29, 1.82) is 0 Å². The minimum absolute atomic E-state index is 0.0262. The van der Waals surface area contributed by atoms with E-state index in [-0.39, 0.29) is 10.7 Å². The highest BCUT2D eigenvalue weighted by Crippen LogP contribution is 2.33. The summed E-state index contributed by atoms with van der Waals surface area (Å²) >= 11 is 5.93. The van der Waals surface area contributed by atoms with Crippen LogP contribution in [0.3, 0.4) is 0 Å². The number of rotatable bonds is 2.